The van der Waals surface area contributed by atoms with Crippen LogP contribution in [0.3, 0.4) is 0 Å². The monoisotopic (exact) mass is 458 g/mol. The van der Waals surface area contributed by atoms with Gasteiger partial charge in [0.25, 0.3) is 5.91 Å². The number of benzene rings is 1. The molecule has 1 aliphatic heterocycles. The van der Waals surface area contributed by atoms with Crippen molar-refractivity contribution in [2.45, 2.75) is 13.3 Å². The summed E-state index contributed by atoms with van der Waals surface area (Å²) < 4.78 is 10.7. The zero-order valence-corrected chi connectivity index (χ0v) is 19.6. The van der Waals surface area contributed by atoms with Crippen molar-refractivity contribution in [1.29, 1.82) is 0 Å². The van der Waals surface area contributed by atoms with Gasteiger partial charge in [0.2, 0.25) is 0 Å². The molecule has 2 aromatic heterocycles. The molecule has 4 rings (SSSR count). The quantitative estimate of drug-likeness (QED) is 0.576. The van der Waals surface area contributed by atoms with E-state index in [4.69, 9.17) is 9.47 Å². The SMILES string of the molecule is COc1ccc(CCNc2ncnc3sc(C(=O)N4CCSCC4)c(C)c23)cc1OC. The fourth-order valence-electron chi connectivity index (χ4n) is 3.68. The van der Waals surface area contributed by atoms with Gasteiger partial charge in [-0.05, 0) is 36.6 Å². The molecular weight excluding hydrogens is 432 g/mol. The van der Waals surface area contributed by atoms with Crippen LogP contribution in [0.1, 0.15) is 20.8 Å². The second kappa shape index (κ2) is 9.74. The van der Waals surface area contributed by atoms with Crippen LogP contribution in [0, 0.1) is 6.92 Å². The highest BCUT2D eigenvalue weighted by atomic mass is 32.2. The first-order valence-electron chi connectivity index (χ1n) is 10.2. The first-order valence-corrected chi connectivity index (χ1v) is 12.2. The second-order valence-electron chi connectivity index (χ2n) is 7.23. The molecule has 0 radical (unpaired) electrons. The van der Waals surface area contributed by atoms with Gasteiger partial charge in [-0.3, -0.25) is 4.79 Å². The maximum atomic E-state index is 13.0. The number of methoxy groups -OCH3 is 2. The first-order chi connectivity index (χ1) is 15.1. The molecule has 0 aliphatic carbocycles. The fraction of sp³-hybridized carbons (Fsp3) is 0.409. The van der Waals surface area contributed by atoms with Crippen molar-refractivity contribution in [2.24, 2.45) is 0 Å². The van der Waals surface area contributed by atoms with Gasteiger partial charge < -0.3 is 19.7 Å². The smallest absolute Gasteiger partial charge is 0.264 e. The number of thioether (sulfide) groups is 1. The molecule has 1 amide bonds. The summed E-state index contributed by atoms with van der Waals surface area (Å²) in [6.45, 7) is 4.30. The van der Waals surface area contributed by atoms with Gasteiger partial charge >= 0.3 is 0 Å². The lowest BCUT2D eigenvalue weighted by molar-refractivity contribution is 0.0776. The molecule has 0 saturated carbocycles. The minimum Gasteiger partial charge on any atom is -0.493 e. The van der Waals surface area contributed by atoms with E-state index in [1.165, 1.54) is 11.3 Å². The van der Waals surface area contributed by atoms with Crippen LogP contribution in [-0.2, 0) is 6.42 Å². The van der Waals surface area contributed by atoms with E-state index in [9.17, 15) is 4.79 Å². The van der Waals surface area contributed by atoms with Crippen LogP contribution < -0.4 is 14.8 Å². The highest BCUT2D eigenvalue weighted by Gasteiger charge is 2.24. The first kappa shape index (κ1) is 21.7. The molecule has 0 atom stereocenters. The van der Waals surface area contributed by atoms with Gasteiger partial charge in [-0.2, -0.15) is 11.8 Å². The Labute approximate surface area is 190 Å². The molecule has 31 heavy (non-hydrogen) atoms. The van der Waals surface area contributed by atoms with Gasteiger partial charge in [0, 0.05) is 31.1 Å². The molecule has 1 fully saturated rings. The van der Waals surface area contributed by atoms with Crippen molar-refractivity contribution < 1.29 is 14.3 Å². The van der Waals surface area contributed by atoms with E-state index in [1.54, 1.807) is 20.5 Å². The molecule has 9 heteroatoms. The molecule has 7 nitrogen and oxygen atoms in total. The van der Waals surface area contributed by atoms with Crippen molar-refractivity contribution >= 4 is 45.0 Å². The van der Waals surface area contributed by atoms with Gasteiger partial charge in [-0.1, -0.05) is 6.07 Å². The zero-order valence-electron chi connectivity index (χ0n) is 17.9. The van der Waals surface area contributed by atoms with Gasteiger partial charge in [-0.25, -0.2) is 9.97 Å². The molecule has 3 heterocycles. The molecule has 1 saturated heterocycles. The van der Waals surface area contributed by atoms with Crippen molar-refractivity contribution in [2.75, 3.05) is 50.7 Å². The van der Waals surface area contributed by atoms with Crippen molar-refractivity contribution in [1.82, 2.24) is 14.9 Å². The molecule has 164 valence electrons. The number of carbonyl (C=O) groups excluding carboxylic acids is 1. The Balaban J connectivity index is 1.51. The fourth-order valence-corrected chi connectivity index (χ4v) is 5.70. The number of hydrogen-bond donors (Lipinski definition) is 1. The van der Waals surface area contributed by atoms with Crippen LogP contribution in [0.15, 0.2) is 24.5 Å². The van der Waals surface area contributed by atoms with E-state index in [2.05, 4.69) is 15.3 Å². The van der Waals surface area contributed by atoms with Gasteiger partial charge in [0.05, 0.1) is 24.5 Å². The Bertz CT molecular complexity index is 1080. The Morgan fingerprint density at radius 3 is 2.68 bits per heavy atom. The van der Waals surface area contributed by atoms with Crippen LogP contribution in [0.25, 0.3) is 10.2 Å². The van der Waals surface area contributed by atoms with Gasteiger partial charge in [0.15, 0.2) is 11.5 Å². The number of rotatable bonds is 7. The minimum absolute atomic E-state index is 0.108. The standard InChI is InChI=1S/C22H26N4O3S2/c1-14-18-20(23-7-6-15-4-5-16(28-2)17(12-15)29-3)24-13-25-21(18)31-19(14)22(27)26-8-10-30-11-9-26/h4-5,12-13H,6-11H2,1-3H3,(H,23,24,25). The maximum absolute atomic E-state index is 13.0. The average Bonchev–Trinajstić information content (AvgIpc) is 3.16. The van der Waals surface area contributed by atoms with E-state index in [0.717, 1.165) is 74.6 Å². The van der Waals surface area contributed by atoms with Crippen LogP contribution in [0.2, 0.25) is 0 Å². The average molecular weight is 459 g/mol. The number of nitrogens with one attached hydrogen (secondary N) is 1. The summed E-state index contributed by atoms with van der Waals surface area (Å²) in [5.41, 5.74) is 2.09. The topological polar surface area (TPSA) is 76.6 Å². The molecule has 1 aliphatic rings. The van der Waals surface area contributed by atoms with Crippen LogP contribution in [0.5, 0.6) is 11.5 Å². The molecule has 0 unspecified atom stereocenters. The van der Waals surface area contributed by atoms with E-state index in [0.29, 0.717) is 6.54 Å². The lowest BCUT2D eigenvalue weighted by Gasteiger charge is -2.26. The van der Waals surface area contributed by atoms with Crippen LogP contribution in [-0.4, -0.2) is 66.1 Å². The number of aryl methyl sites for hydroxylation is 1. The number of aromatic nitrogens is 2. The Morgan fingerprint density at radius 2 is 1.94 bits per heavy atom. The van der Waals surface area contributed by atoms with Crippen molar-refractivity contribution in [3.63, 3.8) is 0 Å². The normalized spacial score (nSPS) is 14.0. The summed E-state index contributed by atoms with van der Waals surface area (Å²) >= 11 is 3.36. The zero-order chi connectivity index (χ0) is 21.8. The predicted octanol–water partition coefficient (Wildman–Crippen LogP) is 3.86. The Hall–Kier alpha value is -2.52. The number of nitrogens with zero attached hydrogens (tertiary/aromatic N) is 3. The number of ether oxygens (including phenoxy) is 2. The van der Waals surface area contributed by atoms with E-state index < -0.39 is 0 Å². The third-order valence-corrected chi connectivity index (χ3v) is 7.50. The maximum Gasteiger partial charge on any atom is 0.264 e. The summed E-state index contributed by atoms with van der Waals surface area (Å²) in [6.07, 6.45) is 2.36. The number of carbonyl (C=O) groups is 1. The lowest BCUT2D eigenvalue weighted by Crippen LogP contribution is -2.37. The molecule has 0 spiro atoms. The summed E-state index contributed by atoms with van der Waals surface area (Å²) in [4.78, 5) is 25.5. The number of anilines is 1. The molecular formula is C22H26N4O3S2. The van der Waals surface area contributed by atoms with Crippen molar-refractivity contribution in [3.05, 3.63) is 40.5 Å². The number of fused-ring (bicyclic) bond motifs is 1. The number of hydrogen-bond acceptors (Lipinski definition) is 8. The predicted molar refractivity (Wildman–Crippen MR) is 127 cm³/mol. The second-order valence-corrected chi connectivity index (χ2v) is 9.45. The van der Waals surface area contributed by atoms with E-state index in [-0.39, 0.29) is 5.91 Å². The van der Waals surface area contributed by atoms with Crippen LogP contribution >= 0.6 is 23.1 Å². The minimum atomic E-state index is 0.108. The van der Waals surface area contributed by atoms with Gasteiger partial charge in [-0.15, -0.1) is 11.3 Å². The Morgan fingerprint density at radius 1 is 1.16 bits per heavy atom. The number of amides is 1. The lowest BCUT2D eigenvalue weighted by atomic mass is 10.1. The van der Waals surface area contributed by atoms with E-state index in [1.807, 2.05) is 41.8 Å². The summed E-state index contributed by atoms with van der Waals surface area (Å²) in [5, 5.41) is 4.37. The molecule has 1 aromatic carbocycles. The van der Waals surface area contributed by atoms with Gasteiger partial charge in [0.1, 0.15) is 17.0 Å². The van der Waals surface area contributed by atoms with E-state index >= 15 is 0 Å². The van der Waals surface area contributed by atoms with Crippen molar-refractivity contribution in [3.8, 4) is 11.5 Å². The molecule has 1 N–H and O–H groups in total. The highest BCUT2D eigenvalue weighted by Crippen LogP contribution is 2.34. The molecule has 0 bridgehead atoms. The number of thiophene rings is 1. The third-order valence-electron chi connectivity index (χ3n) is 5.37. The Kier molecular flexibility index (Phi) is 6.82. The molecule has 3 aromatic rings. The summed E-state index contributed by atoms with van der Waals surface area (Å²) in [5.74, 6) is 4.31. The van der Waals surface area contributed by atoms with Crippen LogP contribution in [0.4, 0.5) is 5.82 Å². The largest absolute Gasteiger partial charge is 0.493 e. The summed E-state index contributed by atoms with van der Waals surface area (Å²) in [7, 11) is 3.27. The summed E-state index contributed by atoms with van der Waals surface area (Å²) in [6, 6.07) is 5.93. The highest BCUT2D eigenvalue weighted by molar-refractivity contribution is 7.99. The third kappa shape index (κ3) is 4.57.